The lowest BCUT2D eigenvalue weighted by molar-refractivity contribution is 0.277. The highest BCUT2D eigenvalue weighted by atomic mass is 35.5. The number of nitrogens with one attached hydrogen (secondary N) is 1. The molecule has 0 aliphatic heterocycles. The number of rotatable bonds is 2. The first kappa shape index (κ1) is 13.3. The topological polar surface area (TPSA) is 74.9 Å². The summed E-state index contributed by atoms with van der Waals surface area (Å²) in [4.78, 5) is 6.69. The molecule has 0 amide bonds. The van der Waals surface area contributed by atoms with E-state index in [4.69, 9.17) is 10.8 Å². The molecule has 0 saturated carbocycles. The van der Waals surface area contributed by atoms with Gasteiger partial charge in [0.1, 0.15) is 5.82 Å². The van der Waals surface area contributed by atoms with Gasteiger partial charge < -0.3 is 15.8 Å². The molecule has 0 aliphatic rings. The summed E-state index contributed by atoms with van der Waals surface area (Å²) < 4.78 is 0. The third kappa shape index (κ3) is 3.57. The zero-order valence-electron chi connectivity index (χ0n) is 5.78. The van der Waals surface area contributed by atoms with Gasteiger partial charge in [-0.05, 0) is 0 Å². The Kier molecular flexibility index (Phi) is 7.77. The summed E-state index contributed by atoms with van der Waals surface area (Å²) in [6.07, 6.45) is 1.57. The first-order valence-electron chi connectivity index (χ1n) is 2.70. The summed E-state index contributed by atoms with van der Waals surface area (Å²) in [5.74, 6) is 0.707. The third-order valence-electron chi connectivity index (χ3n) is 1.04. The smallest absolute Gasteiger partial charge is 0.120 e. The number of nitrogens with zero attached hydrogens (tertiary/aromatic N) is 1. The highest BCUT2D eigenvalue weighted by Gasteiger charge is 1.94. The molecule has 1 aromatic rings. The van der Waals surface area contributed by atoms with Gasteiger partial charge in [-0.25, -0.2) is 4.98 Å². The Labute approximate surface area is 77.0 Å². The van der Waals surface area contributed by atoms with Gasteiger partial charge in [0.15, 0.2) is 0 Å². The van der Waals surface area contributed by atoms with Crippen LogP contribution in [-0.4, -0.2) is 15.1 Å². The maximum atomic E-state index is 8.53. The zero-order chi connectivity index (χ0) is 6.69. The number of nitrogens with two attached hydrogens (primary N) is 1. The van der Waals surface area contributed by atoms with Crippen LogP contribution in [0.25, 0.3) is 0 Å². The van der Waals surface area contributed by atoms with Crippen molar-refractivity contribution in [3.05, 3.63) is 17.7 Å². The second kappa shape index (κ2) is 6.42. The minimum Gasteiger partial charge on any atom is -0.390 e. The van der Waals surface area contributed by atoms with Crippen LogP contribution < -0.4 is 5.73 Å². The first-order valence-corrected chi connectivity index (χ1v) is 2.70. The Hall–Kier alpha value is -0.290. The molecule has 0 radical (unpaired) electrons. The average molecular weight is 200 g/mol. The largest absolute Gasteiger partial charge is 0.390 e. The lowest BCUT2D eigenvalue weighted by Gasteiger charge is -1.85. The summed E-state index contributed by atoms with van der Waals surface area (Å²) in [7, 11) is 0. The Bertz CT molecular complexity index is 173. The number of aromatic nitrogens is 2. The second-order valence-corrected chi connectivity index (χ2v) is 1.72. The quantitative estimate of drug-likeness (QED) is 0.638. The Morgan fingerprint density at radius 3 is 2.45 bits per heavy atom. The predicted molar refractivity (Wildman–Crippen MR) is 46.9 cm³/mol. The summed E-state index contributed by atoms with van der Waals surface area (Å²) in [5, 5.41) is 8.53. The van der Waals surface area contributed by atoms with E-state index in [-0.39, 0.29) is 31.4 Å². The number of aliphatic hydroxyl groups excluding tert-OH is 1. The van der Waals surface area contributed by atoms with E-state index < -0.39 is 0 Å². The summed E-state index contributed by atoms with van der Waals surface area (Å²) in [6, 6.07) is 0. The van der Waals surface area contributed by atoms with Crippen LogP contribution in [0.3, 0.4) is 0 Å². The summed E-state index contributed by atoms with van der Waals surface area (Å²) in [5.41, 5.74) is 5.95. The number of hydrogen-bond donors (Lipinski definition) is 3. The van der Waals surface area contributed by atoms with Crippen molar-refractivity contribution < 1.29 is 5.11 Å². The van der Waals surface area contributed by atoms with E-state index in [9.17, 15) is 0 Å². The summed E-state index contributed by atoms with van der Waals surface area (Å²) >= 11 is 0. The minimum absolute atomic E-state index is 0. The van der Waals surface area contributed by atoms with Crippen LogP contribution in [0.1, 0.15) is 11.5 Å². The fraction of sp³-hybridized carbons (Fsp3) is 0.400. The van der Waals surface area contributed by atoms with Crippen molar-refractivity contribution in [1.29, 1.82) is 0 Å². The van der Waals surface area contributed by atoms with E-state index in [0.29, 0.717) is 18.1 Å². The van der Waals surface area contributed by atoms with Crippen LogP contribution in [0.5, 0.6) is 0 Å². The number of aliphatic hydroxyl groups is 1. The second-order valence-electron chi connectivity index (χ2n) is 1.72. The van der Waals surface area contributed by atoms with Gasteiger partial charge in [-0.3, -0.25) is 0 Å². The van der Waals surface area contributed by atoms with Gasteiger partial charge in [0.05, 0.1) is 25.0 Å². The molecule has 4 nitrogen and oxygen atoms in total. The average Bonchev–Trinajstić information content (AvgIpc) is 2.34. The van der Waals surface area contributed by atoms with Crippen molar-refractivity contribution in [2.24, 2.45) is 5.73 Å². The lowest BCUT2D eigenvalue weighted by atomic mass is 10.5. The molecule has 1 rings (SSSR count). The molecule has 4 N–H and O–H groups in total. The fourth-order valence-electron chi connectivity index (χ4n) is 0.590. The van der Waals surface area contributed by atoms with Crippen molar-refractivity contribution >= 4 is 24.8 Å². The van der Waals surface area contributed by atoms with Gasteiger partial charge in [-0.15, -0.1) is 24.8 Å². The molecule has 0 aromatic carbocycles. The fourth-order valence-corrected chi connectivity index (χ4v) is 0.590. The van der Waals surface area contributed by atoms with Crippen LogP contribution in [0.4, 0.5) is 0 Å². The van der Waals surface area contributed by atoms with Gasteiger partial charge in [-0.1, -0.05) is 0 Å². The predicted octanol–water partition coefficient (Wildman–Crippen LogP) is 0.204. The normalized spacial score (nSPS) is 8.18. The van der Waals surface area contributed by atoms with Gasteiger partial charge in [0, 0.05) is 0 Å². The molecule has 0 atom stereocenters. The molecule has 0 saturated heterocycles. The SMILES string of the molecule is Cl.Cl.NCc1ncc(CO)[nH]1. The molecule has 1 heterocycles. The number of halogens is 2. The number of hydrogen-bond acceptors (Lipinski definition) is 3. The van der Waals surface area contributed by atoms with Crippen LogP contribution >= 0.6 is 24.8 Å². The first-order chi connectivity index (χ1) is 4.36. The van der Waals surface area contributed by atoms with Crippen molar-refractivity contribution in [2.75, 3.05) is 0 Å². The van der Waals surface area contributed by atoms with Gasteiger partial charge >= 0.3 is 0 Å². The molecular weight excluding hydrogens is 189 g/mol. The zero-order valence-corrected chi connectivity index (χ0v) is 7.41. The maximum Gasteiger partial charge on any atom is 0.120 e. The molecular formula is C5H11Cl2N3O. The van der Waals surface area contributed by atoms with Gasteiger partial charge in [-0.2, -0.15) is 0 Å². The Balaban J connectivity index is 0. The van der Waals surface area contributed by atoms with Crippen LogP contribution in [-0.2, 0) is 13.2 Å². The van der Waals surface area contributed by atoms with Crippen molar-refractivity contribution in [1.82, 2.24) is 9.97 Å². The van der Waals surface area contributed by atoms with Crippen molar-refractivity contribution in [3.8, 4) is 0 Å². The molecule has 0 aliphatic carbocycles. The van der Waals surface area contributed by atoms with E-state index >= 15 is 0 Å². The van der Waals surface area contributed by atoms with E-state index in [0.717, 1.165) is 0 Å². The lowest BCUT2D eigenvalue weighted by Crippen LogP contribution is -1.98. The summed E-state index contributed by atoms with van der Waals surface area (Å²) in [6.45, 7) is 0.382. The van der Waals surface area contributed by atoms with E-state index in [2.05, 4.69) is 9.97 Å². The number of H-pyrrole nitrogens is 1. The number of aromatic amines is 1. The van der Waals surface area contributed by atoms with E-state index in [1.807, 2.05) is 0 Å². The van der Waals surface area contributed by atoms with Crippen LogP contribution in [0, 0.1) is 0 Å². The monoisotopic (exact) mass is 199 g/mol. The molecule has 6 heteroatoms. The van der Waals surface area contributed by atoms with Crippen LogP contribution in [0.15, 0.2) is 6.20 Å². The molecule has 11 heavy (non-hydrogen) atoms. The number of imidazole rings is 1. The Morgan fingerprint density at radius 2 is 2.18 bits per heavy atom. The molecule has 0 unspecified atom stereocenters. The highest BCUT2D eigenvalue weighted by Crippen LogP contribution is 1.93. The van der Waals surface area contributed by atoms with E-state index in [1.165, 1.54) is 0 Å². The minimum atomic E-state index is -0.00694. The Morgan fingerprint density at radius 1 is 1.55 bits per heavy atom. The van der Waals surface area contributed by atoms with Crippen molar-refractivity contribution in [2.45, 2.75) is 13.2 Å². The molecule has 66 valence electrons. The molecule has 0 bridgehead atoms. The van der Waals surface area contributed by atoms with Gasteiger partial charge in [0.25, 0.3) is 0 Å². The van der Waals surface area contributed by atoms with E-state index in [1.54, 1.807) is 6.20 Å². The molecule has 1 aromatic heterocycles. The van der Waals surface area contributed by atoms with Crippen LogP contribution in [0.2, 0.25) is 0 Å². The van der Waals surface area contributed by atoms with Crippen molar-refractivity contribution in [3.63, 3.8) is 0 Å². The molecule has 0 fully saturated rings. The molecule has 0 spiro atoms. The standard InChI is InChI=1S/C5H9N3O.2ClH/c6-1-5-7-2-4(3-9)8-5;;/h2,9H,1,3,6H2,(H,7,8);2*1H. The highest BCUT2D eigenvalue weighted by molar-refractivity contribution is 5.85. The van der Waals surface area contributed by atoms with Gasteiger partial charge in [0.2, 0.25) is 0 Å². The third-order valence-corrected chi connectivity index (χ3v) is 1.04. The maximum absolute atomic E-state index is 8.53.